The zero-order valence-corrected chi connectivity index (χ0v) is 14.0. The molecule has 2 rings (SSSR count). The topological polar surface area (TPSA) is 67.4 Å². The Morgan fingerprint density at radius 1 is 1.04 bits per heavy atom. The highest BCUT2D eigenvalue weighted by Gasteiger charge is 2.07. The van der Waals surface area contributed by atoms with Crippen LogP contribution in [0.5, 0.6) is 0 Å². The van der Waals surface area contributed by atoms with Gasteiger partial charge in [-0.2, -0.15) is 0 Å². The Bertz CT molecular complexity index is 700. The third-order valence-electron chi connectivity index (χ3n) is 3.45. The Balaban J connectivity index is 1.71. The average molecular weight is 344 g/mol. The van der Waals surface area contributed by atoms with Crippen molar-refractivity contribution < 1.29 is 18.7 Å². The van der Waals surface area contributed by atoms with E-state index in [9.17, 15) is 14.0 Å². The molecule has 0 radical (unpaired) electrons. The van der Waals surface area contributed by atoms with Crippen LogP contribution in [0.4, 0.5) is 10.1 Å². The van der Waals surface area contributed by atoms with Crippen LogP contribution in [0.3, 0.4) is 0 Å². The molecule has 0 spiro atoms. The lowest BCUT2D eigenvalue weighted by Gasteiger charge is -2.08. The molecule has 1 amide bonds. The van der Waals surface area contributed by atoms with Gasteiger partial charge in [-0.15, -0.1) is 0 Å². The number of benzene rings is 2. The van der Waals surface area contributed by atoms with Crippen molar-refractivity contribution in [3.8, 4) is 0 Å². The number of ether oxygens (including phenoxy) is 1. The summed E-state index contributed by atoms with van der Waals surface area (Å²) in [5.74, 6) is -0.780. The van der Waals surface area contributed by atoms with Gasteiger partial charge < -0.3 is 15.4 Å². The van der Waals surface area contributed by atoms with Crippen molar-refractivity contribution in [2.24, 2.45) is 0 Å². The van der Waals surface area contributed by atoms with Crippen molar-refractivity contribution in [1.29, 1.82) is 0 Å². The predicted molar refractivity (Wildman–Crippen MR) is 93.8 cm³/mol. The molecule has 0 aliphatic carbocycles. The fourth-order valence-electron chi connectivity index (χ4n) is 2.16. The molecule has 0 fully saturated rings. The molecule has 0 aliphatic rings. The summed E-state index contributed by atoms with van der Waals surface area (Å²) in [6.07, 6.45) is 0.306. The van der Waals surface area contributed by atoms with Gasteiger partial charge in [0.05, 0.1) is 12.2 Å². The Morgan fingerprint density at radius 3 is 2.36 bits per heavy atom. The first kappa shape index (κ1) is 18.6. The Kier molecular flexibility index (Phi) is 7.10. The average Bonchev–Trinajstić information content (AvgIpc) is 2.61. The number of hydrogen-bond acceptors (Lipinski definition) is 4. The molecule has 2 aromatic rings. The molecule has 2 N–H and O–H groups in total. The van der Waals surface area contributed by atoms with Gasteiger partial charge in [-0.1, -0.05) is 12.1 Å². The van der Waals surface area contributed by atoms with Crippen molar-refractivity contribution in [1.82, 2.24) is 5.32 Å². The van der Waals surface area contributed by atoms with E-state index in [1.54, 1.807) is 43.3 Å². The lowest BCUT2D eigenvalue weighted by molar-refractivity contribution is -0.116. The van der Waals surface area contributed by atoms with Crippen molar-refractivity contribution in [2.75, 3.05) is 18.5 Å². The number of anilines is 1. The summed E-state index contributed by atoms with van der Waals surface area (Å²) in [7, 11) is 0. The molecule has 132 valence electrons. The zero-order chi connectivity index (χ0) is 18.1. The number of carbonyl (C=O) groups is 2. The van der Waals surface area contributed by atoms with Gasteiger partial charge in [0.2, 0.25) is 5.91 Å². The first-order valence-corrected chi connectivity index (χ1v) is 8.10. The minimum absolute atomic E-state index is 0.129. The van der Waals surface area contributed by atoms with E-state index in [0.717, 1.165) is 5.56 Å². The SMILES string of the molecule is CCOC(=O)c1ccc(NC(=O)CCNCc2ccc(F)cc2)cc1. The van der Waals surface area contributed by atoms with E-state index in [-0.39, 0.29) is 17.7 Å². The van der Waals surface area contributed by atoms with Crippen LogP contribution in [-0.2, 0) is 16.1 Å². The maximum atomic E-state index is 12.8. The van der Waals surface area contributed by atoms with Crippen LogP contribution in [0.15, 0.2) is 48.5 Å². The molecule has 2 aromatic carbocycles. The highest BCUT2D eigenvalue weighted by molar-refractivity contribution is 5.93. The van der Waals surface area contributed by atoms with Crippen LogP contribution in [0.2, 0.25) is 0 Å². The highest BCUT2D eigenvalue weighted by Crippen LogP contribution is 2.11. The molecular formula is C19H21FN2O3. The van der Waals surface area contributed by atoms with Crippen LogP contribution in [0, 0.1) is 5.82 Å². The molecule has 0 unspecified atom stereocenters. The van der Waals surface area contributed by atoms with Crippen LogP contribution in [0.1, 0.15) is 29.3 Å². The second-order valence-electron chi connectivity index (χ2n) is 5.40. The molecule has 5 nitrogen and oxygen atoms in total. The van der Waals surface area contributed by atoms with Crippen molar-refractivity contribution >= 4 is 17.6 Å². The number of amides is 1. The standard InChI is InChI=1S/C19H21FN2O3/c1-2-25-19(24)15-5-9-17(10-6-15)22-18(23)11-12-21-13-14-3-7-16(20)8-4-14/h3-10,21H,2,11-13H2,1H3,(H,22,23). The maximum Gasteiger partial charge on any atom is 0.338 e. The summed E-state index contributed by atoms with van der Waals surface area (Å²) >= 11 is 0. The smallest absolute Gasteiger partial charge is 0.338 e. The van der Waals surface area contributed by atoms with Crippen molar-refractivity contribution in [3.63, 3.8) is 0 Å². The second-order valence-corrected chi connectivity index (χ2v) is 5.40. The summed E-state index contributed by atoms with van der Waals surface area (Å²) in [4.78, 5) is 23.4. The van der Waals surface area contributed by atoms with Gasteiger partial charge in [-0.05, 0) is 48.9 Å². The first-order valence-electron chi connectivity index (χ1n) is 8.10. The number of hydrogen-bond donors (Lipinski definition) is 2. The monoisotopic (exact) mass is 344 g/mol. The molecule has 0 aromatic heterocycles. The molecule has 0 heterocycles. The molecule has 0 bridgehead atoms. The number of rotatable bonds is 8. The van der Waals surface area contributed by atoms with E-state index < -0.39 is 0 Å². The van der Waals surface area contributed by atoms with Gasteiger partial charge in [0.1, 0.15) is 5.82 Å². The molecule has 0 atom stereocenters. The largest absolute Gasteiger partial charge is 0.462 e. The van der Waals surface area contributed by atoms with E-state index in [4.69, 9.17) is 4.74 Å². The number of carbonyl (C=O) groups excluding carboxylic acids is 2. The van der Waals surface area contributed by atoms with E-state index in [0.29, 0.717) is 37.4 Å². The lowest BCUT2D eigenvalue weighted by Crippen LogP contribution is -2.21. The van der Waals surface area contributed by atoms with Gasteiger partial charge in [0.25, 0.3) is 0 Å². The van der Waals surface area contributed by atoms with Gasteiger partial charge >= 0.3 is 5.97 Å². The summed E-state index contributed by atoms with van der Waals surface area (Å²) < 4.78 is 17.7. The summed E-state index contributed by atoms with van der Waals surface area (Å²) in [5.41, 5.74) is 2.02. The zero-order valence-electron chi connectivity index (χ0n) is 14.0. The maximum absolute atomic E-state index is 12.8. The van der Waals surface area contributed by atoms with Gasteiger partial charge in [0, 0.05) is 25.2 Å². The van der Waals surface area contributed by atoms with E-state index in [1.807, 2.05) is 0 Å². The van der Waals surface area contributed by atoms with Crippen molar-refractivity contribution in [3.05, 3.63) is 65.5 Å². The molecule has 0 saturated carbocycles. The third-order valence-corrected chi connectivity index (χ3v) is 3.45. The quantitative estimate of drug-likeness (QED) is 0.570. The van der Waals surface area contributed by atoms with Crippen LogP contribution >= 0.6 is 0 Å². The minimum Gasteiger partial charge on any atom is -0.462 e. The number of halogens is 1. The summed E-state index contributed by atoms with van der Waals surface area (Å²) in [6.45, 7) is 3.14. The van der Waals surface area contributed by atoms with Gasteiger partial charge in [-0.3, -0.25) is 4.79 Å². The fraction of sp³-hybridized carbons (Fsp3) is 0.263. The van der Waals surface area contributed by atoms with E-state index in [1.165, 1.54) is 12.1 Å². The van der Waals surface area contributed by atoms with Crippen LogP contribution in [0.25, 0.3) is 0 Å². The summed E-state index contributed by atoms with van der Waals surface area (Å²) in [5, 5.41) is 5.90. The second kappa shape index (κ2) is 9.54. The van der Waals surface area contributed by atoms with Crippen LogP contribution < -0.4 is 10.6 Å². The molecular weight excluding hydrogens is 323 g/mol. The number of esters is 1. The molecule has 0 aliphatic heterocycles. The summed E-state index contributed by atoms with van der Waals surface area (Å²) in [6, 6.07) is 12.8. The molecule has 0 saturated heterocycles. The molecule has 25 heavy (non-hydrogen) atoms. The normalized spacial score (nSPS) is 10.3. The predicted octanol–water partition coefficient (Wildman–Crippen LogP) is 3.12. The Morgan fingerprint density at radius 2 is 1.72 bits per heavy atom. The Labute approximate surface area is 146 Å². The first-order chi connectivity index (χ1) is 12.1. The minimum atomic E-state index is -0.384. The number of nitrogens with one attached hydrogen (secondary N) is 2. The van der Waals surface area contributed by atoms with Gasteiger partial charge in [0.15, 0.2) is 0 Å². The fourth-order valence-corrected chi connectivity index (χ4v) is 2.16. The third kappa shape index (κ3) is 6.35. The van der Waals surface area contributed by atoms with Gasteiger partial charge in [-0.25, -0.2) is 9.18 Å². The van der Waals surface area contributed by atoms with E-state index >= 15 is 0 Å². The molecule has 6 heteroatoms. The van der Waals surface area contributed by atoms with Crippen LogP contribution in [-0.4, -0.2) is 25.0 Å². The van der Waals surface area contributed by atoms with E-state index in [2.05, 4.69) is 10.6 Å². The highest BCUT2D eigenvalue weighted by atomic mass is 19.1. The Hall–Kier alpha value is -2.73. The lowest BCUT2D eigenvalue weighted by atomic mass is 10.2. The van der Waals surface area contributed by atoms with Crippen molar-refractivity contribution in [2.45, 2.75) is 19.9 Å².